The number of Topliss-reactive ketones (excluding diaryl/α,β-unsaturated/α-hetero) is 2. The number of rotatable bonds is 0. The molecule has 1 atom stereocenters. The molecule has 0 saturated carbocycles. The second-order valence-corrected chi connectivity index (χ2v) is 7.64. The highest BCUT2D eigenvalue weighted by Gasteiger charge is 2.38. The molecule has 0 saturated heterocycles. The van der Waals surface area contributed by atoms with Gasteiger partial charge in [0.25, 0.3) is 0 Å². The number of hydrogen-bond donors (Lipinski definition) is 0. The van der Waals surface area contributed by atoms with Gasteiger partial charge < -0.3 is 0 Å². The first-order valence-electron chi connectivity index (χ1n) is 8.27. The van der Waals surface area contributed by atoms with Crippen molar-refractivity contribution in [3.8, 4) is 0 Å². The van der Waals surface area contributed by atoms with Crippen LogP contribution in [0.1, 0.15) is 63.5 Å². The van der Waals surface area contributed by atoms with Crippen molar-refractivity contribution < 1.29 is 9.59 Å². The molecular formula is C20H24O2. The van der Waals surface area contributed by atoms with E-state index in [4.69, 9.17) is 0 Å². The van der Waals surface area contributed by atoms with Crippen molar-refractivity contribution in [2.45, 2.75) is 58.8 Å². The van der Waals surface area contributed by atoms with Crippen LogP contribution in [-0.4, -0.2) is 11.6 Å². The molecule has 0 amide bonds. The molecule has 2 heteroatoms. The van der Waals surface area contributed by atoms with Crippen molar-refractivity contribution >= 4 is 11.6 Å². The highest BCUT2D eigenvalue weighted by molar-refractivity contribution is 6.44. The van der Waals surface area contributed by atoms with Gasteiger partial charge in [-0.1, -0.05) is 50.6 Å². The van der Waals surface area contributed by atoms with Gasteiger partial charge in [-0.3, -0.25) is 9.59 Å². The standard InChI is InChI=1S/C20H24O2/c1-20(2,3)18-14-9-5-4-8-13(14)12-17(21)19(22)16-11-7-6-10-15(16)18/h4-5,8-9,18H,6-7,10-12H2,1-3H3. The van der Waals surface area contributed by atoms with E-state index in [0.717, 1.165) is 36.8 Å². The van der Waals surface area contributed by atoms with Crippen LogP contribution in [0.15, 0.2) is 35.4 Å². The van der Waals surface area contributed by atoms with Gasteiger partial charge in [0.1, 0.15) is 0 Å². The minimum absolute atomic E-state index is 0.0364. The molecule has 22 heavy (non-hydrogen) atoms. The summed E-state index contributed by atoms with van der Waals surface area (Å²) in [7, 11) is 0. The predicted molar refractivity (Wildman–Crippen MR) is 87.9 cm³/mol. The van der Waals surface area contributed by atoms with Gasteiger partial charge in [-0.05, 0) is 42.2 Å². The van der Waals surface area contributed by atoms with Crippen LogP contribution in [0.25, 0.3) is 0 Å². The Hall–Kier alpha value is -1.70. The van der Waals surface area contributed by atoms with Crippen LogP contribution in [0.4, 0.5) is 0 Å². The van der Waals surface area contributed by atoms with Crippen LogP contribution < -0.4 is 0 Å². The van der Waals surface area contributed by atoms with E-state index in [-0.39, 0.29) is 29.3 Å². The first-order valence-corrected chi connectivity index (χ1v) is 8.27. The van der Waals surface area contributed by atoms with Crippen molar-refractivity contribution in [1.29, 1.82) is 0 Å². The smallest absolute Gasteiger partial charge is 0.224 e. The summed E-state index contributed by atoms with van der Waals surface area (Å²) in [6.45, 7) is 6.71. The summed E-state index contributed by atoms with van der Waals surface area (Å²) in [5.41, 5.74) is 4.35. The second-order valence-electron chi connectivity index (χ2n) is 7.64. The molecule has 116 valence electrons. The zero-order valence-corrected chi connectivity index (χ0v) is 13.7. The number of hydrogen-bond acceptors (Lipinski definition) is 2. The van der Waals surface area contributed by atoms with Gasteiger partial charge in [0.15, 0.2) is 0 Å². The summed E-state index contributed by atoms with van der Waals surface area (Å²) >= 11 is 0. The van der Waals surface area contributed by atoms with Crippen molar-refractivity contribution in [2.24, 2.45) is 5.41 Å². The van der Waals surface area contributed by atoms with Gasteiger partial charge in [0.05, 0.1) is 0 Å². The summed E-state index contributed by atoms with van der Waals surface area (Å²) in [6, 6.07) is 8.17. The van der Waals surface area contributed by atoms with E-state index in [1.54, 1.807) is 0 Å². The van der Waals surface area contributed by atoms with Crippen molar-refractivity contribution in [1.82, 2.24) is 0 Å². The second kappa shape index (κ2) is 5.49. The van der Waals surface area contributed by atoms with E-state index in [0.29, 0.717) is 0 Å². The molecule has 0 aliphatic heterocycles. The summed E-state index contributed by atoms with van der Waals surface area (Å²) in [4.78, 5) is 25.0. The van der Waals surface area contributed by atoms with Gasteiger partial charge in [0.2, 0.25) is 11.6 Å². The Morgan fingerprint density at radius 2 is 1.68 bits per heavy atom. The monoisotopic (exact) mass is 296 g/mol. The maximum absolute atomic E-state index is 12.6. The topological polar surface area (TPSA) is 34.1 Å². The minimum atomic E-state index is -0.241. The summed E-state index contributed by atoms with van der Waals surface area (Å²) in [6.07, 6.45) is 4.11. The SMILES string of the molecule is CC(C)(C)C1C2=C(CCCC2)C(=O)C(=O)Cc2ccccc21. The zero-order valence-electron chi connectivity index (χ0n) is 13.7. The lowest BCUT2D eigenvalue weighted by atomic mass is 9.65. The average Bonchev–Trinajstić information content (AvgIpc) is 2.46. The molecule has 0 spiro atoms. The molecular weight excluding hydrogens is 272 g/mol. The van der Waals surface area contributed by atoms with Crippen LogP contribution in [0, 0.1) is 5.41 Å². The first-order chi connectivity index (χ1) is 10.4. The maximum Gasteiger partial charge on any atom is 0.224 e. The van der Waals surface area contributed by atoms with Crippen LogP contribution in [0.2, 0.25) is 0 Å². The average molecular weight is 296 g/mol. The molecule has 1 aromatic rings. The Labute approximate surface area is 132 Å². The van der Waals surface area contributed by atoms with E-state index in [9.17, 15) is 9.59 Å². The highest BCUT2D eigenvalue weighted by atomic mass is 16.2. The van der Waals surface area contributed by atoms with Gasteiger partial charge >= 0.3 is 0 Å². The zero-order chi connectivity index (χ0) is 15.9. The predicted octanol–water partition coefficient (Wildman–Crippen LogP) is 4.38. The van der Waals surface area contributed by atoms with Gasteiger partial charge in [-0.15, -0.1) is 0 Å². The summed E-state index contributed by atoms with van der Waals surface area (Å²) < 4.78 is 0. The fourth-order valence-corrected chi connectivity index (χ4v) is 4.08. The Morgan fingerprint density at radius 1 is 1.00 bits per heavy atom. The molecule has 0 heterocycles. The molecule has 0 radical (unpaired) electrons. The number of fused-ring (bicyclic) bond motifs is 1. The highest BCUT2D eigenvalue weighted by Crippen LogP contribution is 2.48. The van der Waals surface area contributed by atoms with E-state index in [1.165, 1.54) is 11.1 Å². The minimum Gasteiger partial charge on any atom is -0.290 e. The third-order valence-electron chi connectivity index (χ3n) is 4.97. The molecule has 2 nitrogen and oxygen atoms in total. The molecule has 1 unspecified atom stereocenters. The third-order valence-corrected chi connectivity index (χ3v) is 4.97. The quantitative estimate of drug-likeness (QED) is 0.666. The van der Waals surface area contributed by atoms with Crippen LogP contribution >= 0.6 is 0 Å². The van der Waals surface area contributed by atoms with Crippen LogP contribution in [-0.2, 0) is 16.0 Å². The van der Waals surface area contributed by atoms with Crippen LogP contribution in [0.3, 0.4) is 0 Å². The van der Waals surface area contributed by atoms with Crippen molar-refractivity contribution in [3.63, 3.8) is 0 Å². The largest absolute Gasteiger partial charge is 0.290 e. The van der Waals surface area contributed by atoms with Gasteiger partial charge in [-0.2, -0.15) is 0 Å². The summed E-state index contributed by atoms with van der Waals surface area (Å²) in [5, 5.41) is 0. The van der Waals surface area contributed by atoms with E-state index in [2.05, 4.69) is 32.9 Å². The Balaban J connectivity index is 2.28. The van der Waals surface area contributed by atoms with Crippen molar-refractivity contribution in [3.05, 3.63) is 46.5 Å². The molecule has 2 aliphatic rings. The number of carbonyl (C=O) groups is 2. The molecule has 3 rings (SSSR count). The molecule has 0 bridgehead atoms. The maximum atomic E-state index is 12.6. The number of ketones is 2. The van der Waals surface area contributed by atoms with E-state index >= 15 is 0 Å². The van der Waals surface area contributed by atoms with Gasteiger partial charge in [-0.25, -0.2) is 0 Å². The number of carbonyl (C=O) groups excluding carboxylic acids is 2. The van der Waals surface area contributed by atoms with Crippen LogP contribution in [0.5, 0.6) is 0 Å². The fraction of sp³-hybridized carbons (Fsp3) is 0.500. The Kier molecular flexibility index (Phi) is 3.80. The lowest BCUT2D eigenvalue weighted by molar-refractivity contribution is -0.134. The molecule has 0 aromatic heterocycles. The Bertz CT molecular complexity index is 659. The van der Waals surface area contributed by atoms with Gasteiger partial charge in [0, 0.05) is 17.9 Å². The van der Waals surface area contributed by atoms with Crippen molar-refractivity contribution in [2.75, 3.05) is 0 Å². The third kappa shape index (κ3) is 2.55. The number of benzene rings is 1. The van der Waals surface area contributed by atoms with E-state index in [1.807, 2.05) is 12.1 Å². The lowest BCUT2D eigenvalue weighted by Gasteiger charge is -2.38. The molecule has 0 N–H and O–H groups in total. The molecule has 1 aromatic carbocycles. The summed E-state index contributed by atoms with van der Waals surface area (Å²) in [5.74, 6) is -0.233. The fourth-order valence-electron chi connectivity index (χ4n) is 4.08. The lowest BCUT2D eigenvalue weighted by Crippen LogP contribution is -2.31. The van der Waals surface area contributed by atoms with E-state index < -0.39 is 0 Å². The molecule has 2 aliphatic carbocycles. The molecule has 0 fully saturated rings. The number of allylic oxidation sites excluding steroid dienone is 2. The first kappa shape index (κ1) is 15.2. The normalized spacial score (nSPS) is 22.8. The Morgan fingerprint density at radius 3 is 2.41 bits per heavy atom.